The van der Waals surface area contributed by atoms with E-state index in [1.54, 1.807) is 0 Å². The summed E-state index contributed by atoms with van der Waals surface area (Å²) in [6, 6.07) is 5.63. The molecule has 1 fully saturated rings. The molecule has 3 nitrogen and oxygen atoms in total. The SMILES string of the molecule is CC1(CNC(=O)c2cc(Br)ccc2Br)CCNCC1. The average Bonchev–Trinajstić information content (AvgIpc) is 2.40. The average molecular weight is 390 g/mol. The van der Waals surface area contributed by atoms with Gasteiger partial charge in [0.1, 0.15) is 0 Å². The second-order valence-corrected chi connectivity index (χ2v) is 7.14. The van der Waals surface area contributed by atoms with E-state index < -0.39 is 0 Å². The molecule has 0 spiro atoms. The molecule has 2 rings (SSSR count). The molecule has 19 heavy (non-hydrogen) atoms. The second-order valence-electron chi connectivity index (χ2n) is 5.37. The highest BCUT2D eigenvalue weighted by atomic mass is 79.9. The van der Waals surface area contributed by atoms with Crippen LogP contribution in [0.5, 0.6) is 0 Å². The number of carbonyl (C=O) groups is 1. The van der Waals surface area contributed by atoms with Crippen molar-refractivity contribution in [2.45, 2.75) is 19.8 Å². The van der Waals surface area contributed by atoms with Gasteiger partial charge in [-0.15, -0.1) is 0 Å². The maximum absolute atomic E-state index is 12.2. The Hall–Kier alpha value is -0.390. The molecule has 0 bridgehead atoms. The molecule has 1 aliphatic heterocycles. The number of nitrogens with one attached hydrogen (secondary N) is 2. The Morgan fingerprint density at radius 1 is 1.37 bits per heavy atom. The highest BCUT2D eigenvalue weighted by Gasteiger charge is 2.27. The second kappa shape index (κ2) is 6.37. The molecular weight excluding hydrogens is 372 g/mol. The third-order valence-electron chi connectivity index (χ3n) is 3.66. The van der Waals surface area contributed by atoms with Crippen molar-refractivity contribution in [3.05, 3.63) is 32.7 Å². The van der Waals surface area contributed by atoms with Crippen LogP contribution >= 0.6 is 31.9 Å². The third kappa shape index (κ3) is 4.04. The number of amides is 1. The Bertz CT molecular complexity index is 471. The topological polar surface area (TPSA) is 41.1 Å². The van der Waals surface area contributed by atoms with Gasteiger partial charge in [-0.1, -0.05) is 22.9 Å². The Balaban J connectivity index is 1.99. The zero-order chi connectivity index (χ0) is 13.9. The van der Waals surface area contributed by atoms with Crippen molar-refractivity contribution in [3.8, 4) is 0 Å². The number of benzene rings is 1. The van der Waals surface area contributed by atoms with Gasteiger partial charge in [0.05, 0.1) is 5.56 Å². The summed E-state index contributed by atoms with van der Waals surface area (Å²) < 4.78 is 1.73. The van der Waals surface area contributed by atoms with E-state index in [2.05, 4.69) is 49.4 Å². The standard InChI is InChI=1S/C14H18Br2N2O/c1-14(4-6-17-7-5-14)9-18-13(19)11-8-10(15)2-3-12(11)16/h2-3,8,17H,4-7,9H2,1H3,(H,18,19). The van der Waals surface area contributed by atoms with Gasteiger partial charge in [0.2, 0.25) is 0 Å². The number of rotatable bonds is 3. The van der Waals surface area contributed by atoms with Crippen LogP contribution in [0.4, 0.5) is 0 Å². The van der Waals surface area contributed by atoms with Crippen molar-refractivity contribution in [2.24, 2.45) is 5.41 Å². The van der Waals surface area contributed by atoms with Crippen LogP contribution in [0.25, 0.3) is 0 Å². The van der Waals surface area contributed by atoms with E-state index >= 15 is 0 Å². The zero-order valence-corrected chi connectivity index (χ0v) is 14.1. The van der Waals surface area contributed by atoms with E-state index in [0.29, 0.717) is 5.56 Å². The van der Waals surface area contributed by atoms with Gasteiger partial charge in [0.15, 0.2) is 0 Å². The lowest BCUT2D eigenvalue weighted by Gasteiger charge is -2.34. The van der Waals surface area contributed by atoms with Crippen LogP contribution in [0.1, 0.15) is 30.1 Å². The lowest BCUT2D eigenvalue weighted by atomic mass is 9.81. The van der Waals surface area contributed by atoms with E-state index in [1.165, 1.54) is 0 Å². The molecule has 1 amide bonds. The first kappa shape index (κ1) is 15.0. The smallest absolute Gasteiger partial charge is 0.252 e. The Morgan fingerprint density at radius 2 is 2.05 bits per heavy atom. The molecule has 5 heteroatoms. The molecule has 0 atom stereocenters. The van der Waals surface area contributed by atoms with Gasteiger partial charge in [0.25, 0.3) is 5.91 Å². The summed E-state index contributed by atoms with van der Waals surface area (Å²) in [5, 5.41) is 6.41. The van der Waals surface area contributed by atoms with Gasteiger partial charge in [-0.25, -0.2) is 0 Å². The first-order valence-electron chi connectivity index (χ1n) is 6.44. The van der Waals surface area contributed by atoms with Crippen molar-refractivity contribution in [1.29, 1.82) is 0 Å². The van der Waals surface area contributed by atoms with Gasteiger partial charge in [0, 0.05) is 15.5 Å². The lowest BCUT2D eigenvalue weighted by Crippen LogP contribution is -2.42. The maximum atomic E-state index is 12.2. The van der Waals surface area contributed by atoms with Crippen LogP contribution in [0.15, 0.2) is 27.1 Å². The molecule has 1 aliphatic rings. The van der Waals surface area contributed by atoms with E-state index in [4.69, 9.17) is 0 Å². The molecule has 1 saturated heterocycles. The molecule has 1 heterocycles. The van der Waals surface area contributed by atoms with Gasteiger partial charge in [-0.05, 0) is 65.5 Å². The van der Waals surface area contributed by atoms with Crippen LogP contribution in [0.3, 0.4) is 0 Å². The van der Waals surface area contributed by atoms with Crippen molar-refractivity contribution in [1.82, 2.24) is 10.6 Å². The van der Waals surface area contributed by atoms with Gasteiger partial charge in [-0.3, -0.25) is 4.79 Å². The Morgan fingerprint density at radius 3 is 2.74 bits per heavy atom. The number of halogens is 2. The normalized spacial score (nSPS) is 18.1. The number of hydrogen-bond acceptors (Lipinski definition) is 2. The van der Waals surface area contributed by atoms with Crippen molar-refractivity contribution < 1.29 is 4.79 Å². The highest BCUT2D eigenvalue weighted by Crippen LogP contribution is 2.27. The molecular formula is C14H18Br2N2O. The fraction of sp³-hybridized carbons (Fsp3) is 0.500. The van der Waals surface area contributed by atoms with E-state index in [-0.39, 0.29) is 11.3 Å². The summed E-state index contributed by atoms with van der Waals surface area (Å²) in [5.74, 6) is -0.0204. The Labute approximate surface area is 130 Å². The van der Waals surface area contributed by atoms with Gasteiger partial charge in [-0.2, -0.15) is 0 Å². The molecule has 1 aromatic carbocycles. The fourth-order valence-corrected chi connectivity index (χ4v) is 3.06. The molecule has 0 aromatic heterocycles. The number of hydrogen-bond donors (Lipinski definition) is 2. The molecule has 0 aliphatic carbocycles. The molecule has 0 saturated carbocycles. The molecule has 2 N–H and O–H groups in total. The Kier molecular flexibility index (Phi) is 5.03. The minimum Gasteiger partial charge on any atom is -0.351 e. The molecule has 0 radical (unpaired) electrons. The van der Waals surface area contributed by atoms with E-state index in [9.17, 15) is 4.79 Å². The minimum atomic E-state index is -0.0204. The predicted octanol–water partition coefficient (Wildman–Crippen LogP) is 3.33. The van der Waals surface area contributed by atoms with Gasteiger partial charge >= 0.3 is 0 Å². The summed E-state index contributed by atoms with van der Waals surface area (Å²) in [6.45, 7) is 5.04. The van der Waals surface area contributed by atoms with E-state index in [0.717, 1.165) is 41.4 Å². The molecule has 104 valence electrons. The first-order valence-corrected chi connectivity index (χ1v) is 8.03. The fourth-order valence-electron chi connectivity index (χ4n) is 2.27. The minimum absolute atomic E-state index is 0.0204. The van der Waals surface area contributed by atoms with Crippen LogP contribution in [-0.2, 0) is 0 Å². The third-order valence-corrected chi connectivity index (χ3v) is 4.84. The molecule has 1 aromatic rings. The van der Waals surface area contributed by atoms with Crippen LogP contribution in [0, 0.1) is 5.41 Å². The zero-order valence-electron chi connectivity index (χ0n) is 10.9. The summed E-state index contributed by atoms with van der Waals surface area (Å²) in [4.78, 5) is 12.2. The predicted molar refractivity (Wildman–Crippen MR) is 84.4 cm³/mol. The van der Waals surface area contributed by atoms with Crippen LogP contribution in [-0.4, -0.2) is 25.5 Å². The summed E-state index contributed by atoms with van der Waals surface area (Å²) in [5.41, 5.74) is 0.881. The van der Waals surface area contributed by atoms with Crippen molar-refractivity contribution >= 4 is 37.8 Å². The first-order chi connectivity index (χ1) is 9.00. The van der Waals surface area contributed by atoms with Crippen molar-refractivity contribution in [2.75, 3.05) is 19.6 Å². The van der Waals surface area contributed by atoms with Gasteiger partial charge < -0.3 is 10.6 Å². The summed E-state index contributed by atoms with van der Waals surface area (Å²) in [6.07, 6.45) is 2.21. The molecule has 0 unspecified atom stereocenters. The highest BCUT2D eigenvalue weighted by molar-refractivity contribution is 9.11. The quantitative estimate of drug-likeness (QED) is 0.832. The summed E-state index contributed by atoms with van der Waals surface area (Å²) >= 11 is 6.81. The number of carbonyl (C=O) groups excluding carboxylic acids is 1. The van der Waals surface area contributed by atoms with Crippen LogP contribution in [0.2, 0.25) is 0 Å². The largest absolute Gasteiger partial charge is 0.351 e. The summed E-state index contributed by atoms with van der Waals surface area (Å²) in [7, 11) is 0. The van der Waals surface area contributed by atoms with E-state index in [1.807, 2.05) is 18.2 Å². The monoisotopic (exact) mass is 388 g/mol. The lowest BCUT2D eigenvalue weighted by molar-refractivity contribution is 0.0921. The number of piperidine rings is 1. The van der Waals surface area contributed by atoms with Crippen molar-refractivity contribution in [3.63, 3.8) is 0 Å². The maximum Gasteiger partial charge on any atom is 0.252 e. The van der Waals surface area contributed by atoms with Crippen LogP contribution < -0.4 is 10.6 Å².